The molecule has 27 heavy (non-hydrogen) atoms. The van der Waals surface area contributed by atoms with Crippen LogP contribution in [-0.2, 0) is 0 Å². The average Bonchev–Trinajstić information content (AvgIpc) is 2.59. The molecule has 0 bridgehead atoms. The highest BCUT2D eigenvalue weighted by molar-refractivity contribution is 5.95. The highest BCUT2D eigenvalue weighted by Gasteiger charge is 2.39. The quantitative estimate of drug-likeness (QED) is 0.785. The molecule has 1 fully saturated rings. The summed E-state index contributed by atoms with van der Waals surface area (Å²) in [5.41, 5.74) is 0.396. The highest BCUT2D eigenvalue weighted by Crippen LogP contribution is 2.40. The Bertz CT molecular complexity index is 835. The van der Waals surface area contributed by atoms with E-state index in [0.29, 0.717) is 18.2 Å². The molecule has 3 rings (SSSR count). The SMILES string of the molecule is CCOc1ccc(Nc2cc(F)cc(F)c2)nc1C(=O)NC1CCC1(C)C. The van der Waals surface area contributed by atoms with Crippen LogP contribution in [0, 0.1) is 17.0 Å². The lowest BCUT2D eigenvalue weighted by molar-refractivity contribution is 0.0724. The molecular formula is C20H23F2N3O2. The Labute approximate surface area is 157 Å². The first-order valence-electron chi connectivity index (χ1n) is 8.96. The van der Waals surface area contributed by atoms with Gasteiger partial charge in [-0.15, -0.1) is 0 Å². The summed E-state index contributed by atoms with van der Waals surface area (Å²) < 4.78 is 32.3. The van der Waals surface area contributed by atoms with Crippen molar-refractivity contribution in [2.24, 2.45) is 5.41 Å². The average molecular weight is 375 g/mol. The van der Waals surface area contributed by atoms with E-state index in [0.717, 1.165) is 31.0 Å². The van der Waals surface area contributed by atoms with Gasteiger partial charge < -0.3 is 15.4 Å². The maximum Gasteiger partial charge on any atom is 0.274 e. The molecule has 5 nitrogen and oxygen atoms in total. The number of carbonyl (C=O) groups excluding carboxylic acids is 1. The van der Waals surface area contributed by atoms with Crippen molar-refractivity contribution in [2.75, 3.05) is 11.9 Å². The van der Waals surface area contributed by atoms with Crippen LogP contribution in [0.4, 0.5) is 20.3 Å². The number of aromatic nitrogens is 1. The van der Waals surface area contributed by atoms with Gasteiger partial charge in [-0.05, 0) is 49.4 Å². The third-order valence-electron chi connectivity index (χ3n) is 4.83. The maximum atomic E-state index is 13.4. The molecule has 1 aliphatic rings. The summed E-state index contributed by atoms with van der Waals surface area (Å²) in [6, 6.07) is 6.38. The molecule has 7 heteroatoms. The fourth-order valence-electron chi connectivity index (χ4n) is 3.08. The second kappa shape index (κ2) is 7.50. The normalized spacial score (nSPS) is 17.7. The fraction of sp³-hybridized carbons (Fsp3) is 0.400. The third kappa shape index (κ3) is 4.35. The van der Waals surface area contributed by atoms with E-state index in [1.54, 1.807) is 12.1 Å². The summed E-state index contributed by atoms with van der Waals surface area (Å²) in [4.78, 5) is 17.1. The Morgan fingerprint density at radius 1 is 1.26 bits per heavy atom. The number of amides is 1. The van der Waals surface area contributed by atoms with Gasteiger partial charge in [-0.2, -0.15) is 0 Å². The number of carbonyl (C=O) groups is 1. The van der Waals surface area contributed by atoms with Crippen molar-refractivity contribution in [1.82, 2.24) is 10.3 Å². The summed E-state index contributed by atoms with van der Waals surface area (Å²) in [5.74, 6) is -1.07. The second-order valence-corrected chi connectivity index (χ2v) is 7.31. The molecule has 1 aromatic heterocycles. The minimum Gasteiger partial charge on any atom is -0.491 e. The van der Waals surface area contributed by atoms with Crippen molar-refractivity contribution in [3.05, 3.63) is 47.7 Å². The molecule has 1 amide bonds. The summed E-state index contributed by atoms with van der Waals surface area (Å²) >= 11 is 0. The number of halogens is 2. The van der Waals surface area contributed by atoms with Crippen molar-refractivity contribution in [3.63, 3.8) is 0 Å². The number of anilines is 2. The van der Waals surface area contributed by atoms with Crippen molar-refractivity contribution in [3.8, 4) is 5.75 Å². The van der Waals surface area contributed by atoms with Crippen LogP contribution in [-0.4, -0.2) is 23.5 Å². The number of nitrogens with one attached hydrogen (secondary N) is 2. The molecule has 0 spiro atoms. The topological polar surface area (TPSA) is 63.2 Å². The highest BCUT2D eigenvalue weighted by atomic mass is 19.1. The Morgan fingerprint density at radius 2 is 1.96 bits per heavy atom. The molecule has 0 saturated heterocycles. The maximum absolute atomic E-state index is 13.4. The number of rotatable bonds is 6. The molecule has 2 aromatic rings. The van der Waals surface area contributed by atoms with Gasteiger partial charge in [0, 0.05) is 17.8 Å². The van der Waals surface area contributed by atoms with Gasteiger partial charge in [-0.1, -0.05) is 13.8 Å². The van der Waals surface area contributed by atoms with E-state index in [1.807, 2.05) is 6.92 Å². The van der Waals surface area contributed by atoms with Crippen molar-refractivity contribution < 1.29 is 18.3 Å². The first-order chi connectivity index (χ1) is 12.8. The van der Waals surface area contributed by atoms with Gasteiger partial charge in [-0.25, -0.2) is 13.8 Å². The van der Waals surface area contributed by atoms with Gasteiger partial charge in [0.2, 0.25) is 0 Å². The van der Waals surface area contributed by atoms with Gasteiger partial charge in [0.15, 0.2) is 11.4 Å². The molecule has 0 radical (unpaired) electrons. The number of hydrogen-bond donors (Lipinski definition) is 2. The lowest BCUT2D eigenvalue weighted by atomic mass is 9.67. The van der Waals surface area contributed by atoms with Crippen LogP contribution in [0.1, 0.15) is 44.1 Å². The number of benzene rings is 1. The summed E-state index contributed by atoms with van der Waals surface area (Å²) in [7, 11) is 0. The van der Waals surface area contributed by atoms with Gasteiger partial charge in [0.1, 0.15) is 17.5 Å². The molecule has 1 heterocycles. The zero-order valence-corrected chi connectivity index (χ0v) is 15.6. The number of hydrogen-bond acceptors (Lipinski definition) is 4. The molecule has 1 unspecified atom stereocenters. The predicted octanol–water partition coefficient (Wildman–Crippen LogP) is 4.42. The van der Waals surface area contributed by atoms with Crippen molar-refractivity contribution in [2.45, 2.75) is 39.7 Å². The van der Waals surface area contributed by atoms with E-state index in [1.165, 1.54) is 0 Å². The van der Waals surface area contributed by atoms with Crippen LogP contribution in [0.2, 0.25) is 0 Å². The van der Waals surface area contributed by atoms with Crippen LogP contribution in [0.25, 0.3) is 0 Å². The Balaban J connectivity index is 1.84. The van der Waals surface area contributed by atoms with Crippen LogP contribution in [0.15, 0.2) is 30.3 Å². The van der Waals surface area contributed by atoms with Crippen LogP contribution < -0.4 is 15.4 Å². The molecule has 0 aliphatic heterocycles. The van der Waals surface area contributed by atoms with E-state index in [4.69, 9.17) is 4.74 Å². The van der Waals surface area contributed by atoms with Crippen LogP contribution in [0.5, 0.6) is 5.75 Å². The minimum atomic E-state index is -0.700. The zero-order valence-electron chi connectivity index (χ0n) is 15.6. The van der Waals surface area contributed by atoms with Crippen LogP contribution >= 0.6 is 0 Å². The molecular weight excluding hydrogens is 352 g/mol. The smallest absolute Gasteiger partial charge is 0.274 e. The molecule has 1 saturated carbocycles. The summed E-state index contributed by atoms with van der Waals surface area (Å²) in [6.07, 6.45) is 1.97. The molecule has 2 N–H and O–H groups in total. The number of pyridine rings is 1. The summed E-state index contributed by atoms with van der Waals surface area (Å²) in [5, 5.41) is 5.82. The van der Waals surface area contributed by atoms with E-state index >= 15 is 0 Å². The first-order valence-corrected chi connectivity index (χ1v) is 8.96. The van der Waals surface area contributed by atoms with Crippen molar-refractivity contribution in [1.29, 1.82) is 0 Å². The molecule has 1 aromatic carbocycles. The third-order valence-corrected chi connectivity index (χ3v) is 4.83. The van der Waals surface area contributed by atoms with Gasteiger partial charge in [-0.3, -0.25) is 4.79 Å². The first kappa shape index (κ1) is 19.1. The minimum absolute atomic E-state index is 0.0520. The van der Waals surface area contributed by atoms with Gasteiger partial charge in [0.05, 0.1) is 6.61 Å². The molecule has 144 valence electrons. The van der Waals surface area contributed by atoms with Gasteiger partial charge in [0.25, 0.3) is 5.91 Å². The van der Waals surface area contributed by atoms with Gasteiger partial charge >= 0.3 is 0 Å². The van der Waals surface area contributed by atoms with E-state index in [-0.39, 0.29) is 28.7 Å². The monoisotopic (exact) mass is 375 g/mol. The largest absolute Gasteiger partial charge is 0.491 e. The van der Waals surface area contributed by atoms with E-state index < -0.39 is 11.6 Å². The Morgan fingerprint density at radius 3 is 2.52 bits per heavy atom. The Kier molecular flexibility index (Phi) is 5.30. The standard InChI is InChI=1S/C20H23F2N3O2/c1-4-27-15-5-6-17(23-14-10-12(21)9-13(22)11-14)25-18(15)19(26)24-16-7-8-20(16,2)3/h5-6,9-11,16H,4,7-8H2,1-3H3,(H,23,25)(H,24,26). The summed E-state index contributed by atoms with van der Waals surface area (Å²) in [6.45, 7) is 6.42. The molecule has 1 atom stereocenters. The molecule has 1 aliphatic carbocycles. The van der Waals surface area contributed by atoms with Crippen LogP contribution in [0.3, 0.4) is 0 Å². The number of nitrogens with zero attached hydrogens (tertiary/aromatic N) is 1. The predicted molar refractivity (Wildman–Crippen MR) is 99.3 cm³/mol. The fourth-order valence-corrected chi connectivity index (χ4v) is 3.08. The zero-order chi connectivity index (χ0) is 19.6. The van der Waals surface area contributed by atoms with Crippen molar-refractivity contribution >= 4 is 17.4 Å². The van der Waals surface area contributed by atoms with E-state index in [2.05, 4.69) is 29.5 Å². The number of ether oxygens (including phenoxy) is 1. The Hall–Kier alpha value is -2.70. The lowest BCUT2D eigenvalue weighted by Crippen LogP contribution is -2.52. The van der Waals surface area contributed by atoms with E-state index in [9.17, 15) is 13.6 Å². The lowest BCUT2D eigenvalue weighted by Gasteiger charge is -2.44. The second-order valence-electron chi connectivity index (χ2n) is 7.31.